The first-order valence-corrected chi connectivity index (χ1v) is 12.1. The summed E-state index contributed by atoms with van der Waals surface area (Å²) in [6.07, 6.45) is 0.681. The van der Waals surface area contributed by atoms with Crippen LogP contribution in [0.25, 0.3) is 21.9 Å². The molecule has 0 unspecified atom stereocenters. The highest BCUT2D eigenvalue weighted by Gasteiger charge is 2.38. The van der Waals surface area contributed by atoms with Gasteiger partial charge in [0.2, 0.25) is 0 Å². The van der Waals surface area contributed by atoms with Crippen molar-refractivity contribution in [2.75, 3.05) is 0 Å². The van der Waals surface area contributed by atoms with Crippen molar-refractivity contribution in [2.24, 2.45) is 0 Å². The van der Waals surface area contributed by atoms with Crippen LogP contribution in [0.3, 0.4) is 0 Å². The first-order chi connectivity index (χ1) is 17.7. The molecule has 6 heteroatoms. The van der Waals surface area contributed by atoms with Crippen molar-refractivity contribution in [2.45, 2.75) is 45.2 Å². The Morgan fingerprint density at radius 3 is 2.00 bits per heavy atom. The van der Waals surface area contributed by atoms with Crippen molar-refractivity contribution in [3.05, 3.63) is 106 Å². The fourth-order valence-corrected chi connectivity index (χ4v) is 4.25. The number of benzene rings is 4. The number of halogens is 6. The highest BCUT2D eigenvalue weighted by Crippen LogP contribution is 2.37. The maximum Gasteiger partial charge on any atom is 0.422 e. The fraction of sp³-hybridized carbons (Fsp3) is 0.226. The van der Waals surface area contributed by atoms with Crippen LogP contribution in [-0.4, -0.2) is 0 Å². The minimum absolute atomic E-state index is 0.163. The molecule has 0 saturated heterocycles. The SMILES string of the molecule is CCCCCCc1ccc(C#Cc2ccc3c(F)c(-c4cc(F)c(C(F)(F)F)c(F)c4)ccc3c2)cc1. The Morgan fingerprint density at radius 1 is 0.703 bits per heavy atom. The maximum absolute atomic E-state index is 15.2. The molecule has 0 atom stereocenters. The van der Waals surface area contributed by atoms with Crippen LogP contribution >= 0.6 is 0 Å². The van der Waals surface area contributed by atoms with Crippen molar-refractivity contribution in [1.82, 2.24) is 0 Å². The lowest BCUT2D eigenvalue weighted by Gasteiger charge is -2.12. The number of alkyl halides is 3. The van der Waals surface area contributed by atoms with E-state index in [1.165, 1.54) is 37.0 Å². The number of rotatable bonds is 6. The van der Waals surface area contributed by atoms with Gasteiger partial charge in [0.15, 0.2) is 0 Å². The van der Waals surface area contributed by atoms with Gasteiger partial charge in [-0.2, -0.15) is 13.2 Å². The zero-order valence-electron chi connectivity index (χ0n) is 20.2. The predicted molar refractivity (Wildman–Crippen MR) is 135 cm³/mol. The van der Waals surface area contributed by atoms with Crippen LogP contribution in [0.2, 0.25) is 0 Å². The van der Waals surface area contributed by atoms with Crippen molar-refractivity contribution < 1.29 is 26.3 Å². The molecular formula is C31H24F6. The molecular weight excluding hydrogens is 486 g/mol. The number of hydrogen-bond donors (Lipinski definition) is 0. The molecule has 0 nitrogen and oxygen atoms in total. The zero-order chi connectivity index (χ0) is 26.6. The average molecular weight is 511 g/mol. The first-order valence-electron chi connectivity index (χ1n) is 12.1. The van der Waals surface area contributed by atoms with E-state index in [1.807, 2.05) is 12.1 Å². The van der Waals surface area contributed by atoms with Crippen LogP contribution in [0.5, 0.6) is 0 Å². The third-order valence-electron chi connectivity index (χ3n) is 6.21. The Kier molecular flexibility index (Phi) is 7.92. The number of fused-ring (bicyclic) bond motifs is 1. The molecule has 0 aromatic heterocycles. The van der Waals surface area contributed by atoms with Gasteiger partial charge in [0, 0.05) is 22.1 Å². The second-order valence-corrected chi connectivity index (χ2v) is 8.93. The quantitative estimate of drug-likeness (QED) is 0.138. The molecule has 0 aliphatic heterocycles. The van der Waals surface area contributed by atoms with Crippen LogP contribution in [0.1, 0.15) is 54.9 Å². The number of unbranched alkanes of at least 4 members (excludes halogenated alkanes) is 3. The third-order valence-corrected chi connectivity index (χ3v) is 6.21. The van der Waals surface area contributed by atoms with Crippen molar-refractivity contribution in [3.8, 4) is 23.0 Å². The Bertz CT molecular complexity index is 1450. The highest BCUT2D eigenvalue weighted by atomic mass is 19.4. The minimum atomic E-state index is -5.19. The smallest absolute Gasteiger partial charge is 0.206 e. The summed E-state index contributed by atoms with van der Waals surface area (Å²) in [4.78, 5) is 0. The van der Waals surface area contributed by atoms with E-state index in [-0.39, 0.29) is 16.5 Å². The molecule has 4 aromatic carbocycles. The van der Waals surface area contributed by atoms with Gasteiger partial charge in [-0.05, 0) is 65.8 Å². The van der Waals surface area contributed by atoms with Gasteiger partial charge >= 0.3 is 6.18 Å². The average Bonchev–Trinajstić information content (AvgIpc) is 2.85. The summed E-state index contributed by atoms with van der Waals surface area (Å²) in [6, 6.07) is 16.7. The number of hydrogen-bond acceptors (Lipinski definition) is 0. The molecule has 0 bridgehead atoms. The van der Waals surface area contributed by atoms with Gasteiger partial charge in [-0.15, -0.1) is 0 Å². The first kappa shape index (κ1) is 26.3. The molecule has 0 N–H and O–H groups in total. The maximum atomic E-state index is 15.2. The van der Waals surface area contributed by atoms with Crippen LogP contribution < -0.4 is 0 Å². The summed E-state index contributed by atoms with van der Waals surface area (Å²) >= 11 is 0. The molecule has 4 aromatic rings. The summed E-state index contributed by atoms with van der Waals surface area (Å²) < 4.78 is 81.8. The van der Waals surface area contributed by atoms with E-state index in [2.05, 4.69) is 30.9 Å². The van der Waals surface area contributed by atoms with E-state index in [9.17, 15) is 22.0 Å². The molecule has 0 amide bonds. The molecule has 190 valence electrons. The highest BCUT2D eigenvalue weighted by molar-refractivity contribution is 5.89. The van der Waals surface area contributed by atoms with Crippen LogP contribution in [0.4, 0.5) is 26.3 Å². The molecule has 0 heterocycles. The summed E-state index contributed by atoms with van der Waals surface area (Å²) in [5.74, 6) is 1.77. The fourth-order valence-electron chi connectivity index (χ4n) is 4.25. The third kappa shape index (κ3) is 6.17. The Balaban J connectivity index is 1.56. The van der Waals surface area contributed by atoms with E-state index >= 15 is 4.39 Å². The topological polar surface area (TPSA) is 0 Å². The van der Waals surface area contributed by atoms with E-state index < -0.39 is 29.2 Å². The standard InChI is InChI=1S/C31H24F6/c1-2-3-4-5-6-20-7-9-21(10-8-20)11-12-22-13-15-25-23(17-22)14-16-26(30(25)34)24-18-27(32)29(28(33)19-24)31(35,36)37/h7-10,13-19H,2-6H2,1H3. The predicted octanol–water partition coefficient (Wildman–Crippen LogP) is 9.47. The van der Waals surface area contributed by atoms with Gasteiger partial charge in [-0.25, -0.2) is 13.2 Å². The van der Waals surface area contributed by atoms with Gasteiger partial charge in [0.1, 0.15) is 23.0 Å². The largest absolute Gasteiger partial charge is 0.422 e. The lowest BCUT2D eigenvalue weighted by Crippen LogP contribution is -2.11. The van der Waals surface area contributed by atoms with Gasteiger partial charge in [-0.3, -0.25) is 0 Å². The normalized spacial score (nSPS) is 11.4. The molecule has 4 rings (SSSR count). The van der Waals surface area contributed by atoms with Crippen molar-refractivity contribution in [3.63, 3.8) is 0 Å². The molecule has 0 radical (unpaired) electrons. The van der Waals surface area contributed by atoms with Crippen molar-refractivity contribution in [1.29, 1.82) is 0 Å². The van der Waals surface area contributed by atoms with E-state index in [4.69, 9.17) is 0 Å². The second kappa shape index (κ2) is 11.1. The lowest BCUT2D eigenvalue weighted by atomic mass is 9.97. The molecule has 0 fully saturated rings. The van der Waals surface area contributed by atoms with Gasteiger partial charge in [0.05, 0.1) is 0 Å². The van der Waals surface area contributed by atoms with Crippen LogP contribution in [0, 0.1) is 29.3 Å². The van der Waals surface area contributed by atoms with Gasteiger partial charge in [-0.1, -0.05) is 68.4 Å². The summed E-state index contributed by atoms with van der Waals surface area (Å²) in [7, 11) is 0. The Labute approximate surface area is 212 Å². The van der Waals surface area contributed by atoms with Crippen LogP contribution in [0.15, 0.2) is 66.7 Å². The molecule has 0 aliphatic rings. The molecule has 0 aliphatic carbocycles. The minimum Gasteiger partial charge on any atom is -0.206 e. The molecule has 0 spiro atoms. The van der Waals surface area contributed by atoms with E-state index in [0.717, 1.165) is 18.4 Å². The summed E-state index contributed by atoms with van der Waals surface area (Å²) in [6.45, 7) is 2.19. The molecule has 0 saturated carbocycles. The Morgan fingerprint density at radius 2 is 1.35 bits per heavy atom. The zero-order valence-corrected chi connectivity index (χ0v) is 20.2. The Hall–Kier alpha value is -3.72. The van der Waals surface area contributed by atoms with Crippen LogP contribution in [-0.2, 0) is 12.6 Å². The van der Waals surface area contributed by atoms with E-state index in [0.29, 0.717) is 23.1 Å². The molecule has 37 heavy (non-hydrogen) atoms. The lowest BCUT2D eigenvalue weighted by molar-refractivity contribution is -0.142. The second-order valence-electron chi connectivity index (χ2n) is 8.93. The summed E-state index contributed by atoms with van der Waals surface area (Å²) in [5, 5.41) is 0.666. The monoisotopic (exact) mass is 510 g/mol. The summed E-state index contributed by atoms with van der Waals surface area (Å²) in [5.41, 5.74) is 0.252. The van der Waals surface area contributed by atoms with Gasteiger partial charge in [0.25, 0.3) is 0 Å². The number of aryl methyl sites for hydroxylation is 1. The van der Waals surface area contributed by atoms with E-state index in [1.54, 1.807) is 18.2 Å². The van der Waals surface area contributed by atoms with Gasteiger partial charge < -0.3 is 0 Å². The van der Waals surface area contributed by atoms with Crippen molar-refractivity contribution >= 4 is 10.8 Å².